The first-order valence-electron chi connectivity index (χ1n) is 6.28. The van der Waals surface area contributed by atoms with E-state index < -0.39 is 0 Å². The summed E-state index contributed by atoms with van der Waals surface area (Å²) in [4.78, 5) is 16.9. The summed E-state index contributed by atoms with van der Waals surface area (Å²) in [6.07, 6.45) is 0. The number of aromatic nitrogens is 1. The Morgan fingerprint density at radius 2 is 2.05 bits per heavy atom. The lowest BCUT2D eigenvalue weighted by Gasteiger charge is -2.06. The van der Waals surface area contributed by atoms with E-state index in [2.05, 4.69) is 42.2 Å². The van der Waals surface area contributed by atoms with Crippen molar-refractivity contribution < 1.29 is 9.53 Å². The molecule has 1 N–H and O–H groups in total. The standard InChI is InChI=1S/C15H10Br2N2O2S/c1-21-8-5-6-10(16)9(7-8)14(20)19-15-18-13-11(17)3-2-4-12(13)22-15/h2-7H,1H3,(H,18,19,20). The van der Waals surface area contributed by atoms with E-state index in [-0.39, 0.29) is 5.91 Å². The first kappa shape index (κ1) is 15.5. The number of hydrogen-bond acceptors (Lipinski definition) is 4. The van der Waals surface area contributed by atoms with Gasteiger partial charge in [-0.3, -0.25) is 10.1 Å². The fourth-order valence-corrected chi connectivity index (χ4v) is 3.84. The fourth-order valence-electron chi connectivity index (χ4n) is 1.94. The Kier molecular flexibility index (Phi) is 4.46. The highest BCUT2D eigenvalue weighted by atomic mass is 79.9. The van der Waals surface area contributed by atoms with Crippen LogP contribution >= 0.6 is 43.2 Å². The van der Waals surface area contributed by atoms with E-state index in [0.29, 0.717) is 20.9 Å². The van der Waals surface area contributed by atoms with Crippen molar-refractivity contribution in [3.63, 3.8) is 0 Å². The van der Waals surface area contributed by atoms with Crippen LogP contribution in [0.1, 0.15) is 10.4 Å². The molecule has 7 heteroatoms. The number of ether oxygens (including phenoxy) is 1. The Bertz CT molecular complexity index is 864. The molecule has 0 saturated carbocycles. The number of amides is 1. The van der Waals surface area contributed by atoms with Crippen LogP contribution in [0.4, 0.5) is 5.13 Å². The summed E-state index contributed by atoms with van der Waals surface area (Å²) in [5, 5.41) is 3.39. The van der Waals surface area contributed by atoms with E-state index in [1.165, 1.54) is 11.3 Å². The minimum Gasteiger partial charge on any atom is -0.497 e. The van der Waals surface area contributed by atoms with Gasteiger partial charge >= 0.3 is 0 Å². The largest absolute Gasteiger partial charge is 0.497 e. The van der Waals surface area contributed by atoms with Crippen LogP contribution in [0.15, 0.2) is 45.3 Å². The molecule has 1 heterocycles. The molecule has 1 amide bonds. The summed E-state index contributed by atoms with van der Waals surface area (Å²) in [6.45, 7) is 0. The number of methoxy groups -OCH3 is 1. The van der Waals surface area contributed by atoms with Crippen LogP contribution < -0.4 is 10.1 Å². The zero-order chi connectivity index (χ0) is 15.7. The molecule has 0 atom stereocenters. The van der Waals surface area contributed by atoms with Gasteiger partial charge in [0.1, 0.15) is 5.75 Å². The van der Waals surface area contributed by atoms with Gasteiger partial charge in [0.05, 0.1) is 22.9 Å². The third-order valence-electron chi connectivity index (χ3n) is 3.01. The molecule has 0 spiro atoms. The SMILES string of the molecule is COc1ccc(Br)c(C(=O)Nc2nc3c(Br)cccc3s2)c1. The van der Waals surface area contributed by atoms with Gasteiger partial charge in [-0.15, -0.1) is 0 Å². The highest BCUT2D eigenvalue weighted by Gasteiger charge is 2.14. The number of fused-ring (bicyclic) bond motifs is 1. The summed E-state index contributed by atoms with van der Waals surface area (Å²) in [6, 6.07) is 11.1. The van der Waals surface area contributed by atoms with Gasteiger partial charge in [0.2, 0.25) is 0 Å². The maximum absolute atomic E-state index is 12.4. The van der Waals surface area contributed by atoms with Crippen LogP contribution in [0.5, 0.6) is 5.75 Å². The second-order valence-electron chi connectivity index (χ2n) is 4.41. The minimum absolute atomic E-state index is 0.235. The van der Waals surface area contributed by atoms with Crippen molar-refractivity contribution in [2.75, 3.05) is 12.4 Å². The lowest BCUT2D eigenvalue weighted by atomic mass is 10.2. The molecule has 0 saturated heterocycles. The number of anilines is 1. The van der Waals surface area contributed by atoms with E-state index >= 15 is 0 Å². The van der Waals surface area contributed by atoms with Crippen molar-refractivity contribution in [2.24, 2.45) is 0 Å². The summed E-state index contributed by atoms with van der Waals surface area (Å²) in [5.74, 6) is 0.390. The molecule has 4 nitrogen and oxygen atoms in total. The fraction of sp³-hybridized carbons (Fsp3) is 0.0667. The van der Waals surface area contributed by atoms with Crippen molar-refractivity contribution in [3.8, 4) is 5.75 Å². The van der Waals surface area contributed by atoms with Gasteiger partial charge in [0, 0.05) is 8.95 Å². The summed E-state index contributed by atoms with van der Waals surface area (Å²) < 4.78 is 7.77. The summed E-state index contributed by atoms with van der Waals surface area (Å²) in [7, 11) is 1.57. The molecule has 22 heavy (non-hydrogen) atoms. The zero-order valence-corrected chi connectivity index (χ0v) is 15.4. The van der Waals surface area contributed by atoms with Crippen molar-refractivity contribution in [2.45, 2.75) is 0 Å². The van der Waals surface area contributed by atoms with Crippen molar-refractivity contribution in [3.05, 3.63) is 50.9 Å². The molecular weight excluding hydrogens is 432 g/mol. The lowest BCUT2D eigenvalue weighted by molar-refractivity contribution is 0.102. The van der Waals surface area contributed by atoms with Gasteiger partial charge in [0.15, 0.2) is 5.13 Å². The number of hydrogen-bond donors (Lipinski definition) is 1. The minimum atomic E-state index is -0.235. The number of halogens is 2. The molecule has 0 radical (unpaired) electrons. The smallest absolute Gasteiger partial charge is 0.258 e. The summed E-state index contributed by atoms with van der Waals surface area (Å²) >= 11 is 8.27. The molecule has 0 aliphatic rings. The highest BCUT2D eigenvalue weighted by molar-refractivity contribution is 9.11. The average molecular weight is 442 g/mol. The maximum atomic E-state index is 12.4. The van der Waals surface area contributed by atoms with E-state index in [0.717, 1.165) is 14.7 Å². The van der Waals surface area contributed by atoms with Crippen LogP contribution in [0.2, 0.25) is 0 Å². The van der Waals surface area contributed by atoms with Crippen LogP contribution in [-0.4, -0.2) is 18.0 Å². The van der Waals surface area contributed by atoms with Crippen LogP contribution in [0.25, 0.3) is 10.2 Å². The molecule has 1 aromatic heterocycles. The van der Waals surface area contributed by atoms with E-state index in [1.54, 1.807) is 25.3 Å². The van der Waals surface area contributed by atoms with Gasteiger partial charge in [-0.05, 0) is 62.2 Å². The number of rotatable bonds is 3. The number of carbonyl (C=O) groups excluding carboxylic acids is 1. The molecule has 112 valence electrons. The number of benzene rings is 2. The van der Waals surface area contributed by atoms with Gasteiger partial charge in [0.25, 0.3) is 5.91 Å². The van der Waals surface area contributed by atoms with E-state index in [9.17, 15) is 4.79 Å². The second kappa shape index (κ2) is 6.36. The molecule has 0 fully saturated rings. The van der Waals surface area contributed by atoms with E-state index in [4.69, 9.17) is 4.74 Å². The zero-order valence-electron chi connectivity index (χ0n) is 11.4. The molecule has 2 aromatic carbocycles. The van der Waals surface area contributed by atoms with Crippen molar-refractivity contribution >= 4 is 64.5 Å². The van der Waals surface area contributed by atoms with Crippen molar-refractivity contribution in [1.29, 1.82) is 0 Å². The number of nitrogens with one attached hydrogen (secondary N) is 1. The van der Waals surface area contributed by atoms with Crippen molar-refractivity contribution in [1.82, 2.24) is 4.98 Å². The molecular formula is C15H10Br2N2O2S. The Labute approximate surface area is 147 Å². The predicted molar refractivity (Wildman–Crippen MR) is 96.0 cm³/mol. The molecule has 0 aliphatic heterocycles. The third kappa shape index (κ3) is 3.02. The predicted octanol–water partition coefficient (Wildman–Crippen LogP) is 5.08. The van der Waals surface area contributed by atoms with Crippen LogP contribution in [0.3, 0.4) is 0 Å². The van der Waals surface area contributed by atoms with E-state index in [1.807, 2.05) is 18.2 Å². The quantitative estimate of drug-likeness (QED) is 0.616. The molecule has 3 rings (SSSR count). The number of para-hydroxylation sites is 1. The monoisotopic (exact) mass is 440 g/mol. The van der Waals surface area contributed by atoms with Crippen LogP contribution in [-0.2, 0) is 0 Å². The molecule has 0 bridgehead atoms. The normalized spacial score (nSPS) is 10.7. The van der Waals surface area contributed by atoms with Gasteiger partial charge in [-0.1, -0.05) is 17.4 Å². The number of carbonyl (C=O) groups is 1. The molecule has 0 unspecified atom stereocenters. The van der Waals surface area contributed by atoms with Crippen LogP contribution in [0, 0.1) is 0 Å². The number of thiazole rings is 1. The third-order valence-corrected chi connectivity index (χ3v) is 5.28. The van der Waals surface area contributed by atoms with Gasteiger partial charge in [-0.25, -0.2) is 4.98 Å². The second-order valence-corrected chi connectivity index (χ2v) is 7.14. The Morgan fingerprint density at radius 3 is 2.77 bits per heavy atom. The first-order valence-corrected chi connectivity index (χ1v) is 8.68. The highest BCUT2D eigenvalue weighted by Crippen LogP contribution is 2.31. The average Bonchev–Trinajstić information content (AvgIpc) is 2.91. The Balaban J connectivity index is 1.91. The molecule has 3 aromatic rings. The Hall–Kier alpha value is -1.44. The first-order chi connectivity index (χ1) is 10.6. The lowest BCUT2D eigenvalue weighted by Crippen LogP contribution is -2.12. The number of nitrogens with zero attached hydrogens (tertiary/aromatic N) is 1. The maximum Gasteiger partial charge on any atom is 0.258 e. The Morgan fingerprint density at radius 1 is 1.23 bits per heavy atom. The van der Waals surface area contributed by atoms with Gasteiger partial charge in [-0.2, -0.15) is 0 Å². The topological polar surface area (TPSA) is 51.2 Å². The molecule has 0 aliphatic carbocycles. The van der Waals surface area contributed by atoms with Gasteiger partial charge < -0.3 is 4.74 Å². The summed E-state index contributed by atoms with van der Waals surface area (Å²) in [5.41, 5.74) is 1.34.